The Bertz CT molecular complexity index is 958. The second-order valence-corrected chi connectivity index (χ2v) is 8.95. The minimum Gasteiger partial charge on any atom is -0.497 e. The Hall–Kier alpha value is -2.78. The van der Waals surface area contributed by atoms with Crippen LogP contribution in [0.2, 0.25) is 0 Å². The number of carbonyl (C=O) groups excluding carboxylic acids is 1. The van der Waals surface area contributed by atoms with Gasteiger partial charge in [-0.2, -0.15) is 4.31 Å². The molecular weight excluding hydrogens is 406 g/mol. The highest BCUT2D eigenvalue weighted by molar-refractivity contribution is 7.89. The predicted octanol–water partition coefficient (Wildman–Crippen LogP) is 1.59. The van der Waals surface area contributed by atoms with Crippen molar-refractivity contribution in [3.63, 3.8) is 0 Å². The highest BCUT2D eigenvalue weighted by atomic mass is 32.2. The summed E-state index contributed by atoms with van der Waals surface area (Å²) in [7, 11) is -0.462. The van der Waals surface area contributed by atoms with Crippen LogP contribution < -0.4 is 19.7 Å². The maximum absolute atomic E-state index is 12.7. The van der Waals surface area contributed by atoms with Gasteiger partial charge >= 0.3 is 0 Å². The third-order valence-electron chi connectivity index (χ3n) is 5.05. The number of amides is 1. The van der Waals surface area contributed by atoms with Crippen LogP contribution in [0.3, 0.4) is 0 Å². The Balaban J connectivity index is 1.51. The van der Waals surface area contributed by atoms with Crippen LogP contribution in [-0.2, 0) is 10.0 Å². The number of methoxy groups -OCH3 is 2. The smallest absolute Gasteiger partial charge is 0.255 e. The highest BCUT2D eigenvalue weighted by Crippen LogP contribution is 2.24. The SMILES string of the molecule is COc1ccc(C(=O)NCCS(=O)(=O)N2CCN(c3ccccc3)CC2)c(OC)c1. The number of sulfonamides is 1. The lowest BCUT2D eigenvalue weighted by Gasteiger charge is -2.35. The van der Waals surface area contributed by atoms with Crippen LogP contribution >= 0.6 is 0 Å². The maximum atomic E-state index is 12.7. The fraction of sp³-hybridized carbons (Fsp3) is 0.381. The molecule has 2 aromatic rings. The third kappa shape index (κ3) is 5.22. The average Bonchev–Trinajstić information content (AvgIpc) is 2.79. The van der Waals surface area contributed by atoms with Gasteiger partial charge in [0.25, 0.3) is 5.91 Å². The van der Waals surface area contributed by atoms with Crippen LogP contribution in [-0.4, -0.2) is 71.3 Å². The molecule has 0 radical (unpaired) electrons. The van der Waals surface area contributed by atoms with Gasteiger partial charge in [-0.25, -0.2) is 8.42 Å². The Morgan fingerprint density at radius 3 is 2.33 bits per heavy atom. The molecule has 9 heteroatoms. The molecule has 1 aliphatic rings. The van der Waals surface area contributed by atoms with Crippen LogP contribution in [0.25, 0.3) is 0 Å². The van der Waals surface area contributed by atoms with Crippen molar-refractivity contribution >= 4 is 21.6 Å². The van der Waals surface area contributed by atoms with Gasteiger partial charge in [0.2, 0.25) is 10.0 Å². The molecule has 30 heavy (non-hydrogen) atoms. The lowest BCUT2D eigenvalue weighted by Crippen LogP contribution is -2.50. The molecule has 1 heterocycles. The van der Waals surface area contributed by atoms with E-state index < -0.39 is 15.9 Å². The van der Waals surface area contributed by atoms with Crippen molar-refractivity contribution < 1.29 is 22.7 Å². The monoisotopic (exact) mass is 433 g/mol. The summed E-state index contributed by atoms with van der Waals surface area (Å²) in [6.07, 6.45) is 0. The molecule has 0 saturated carbocycles. The van der Waals surface area contributed by atoms with Crippen molar-refractivity contribution in [2.45, 2.75) is 0 Å². The number of nitrogens with one attached hydrogen (secondary N) is 1. The van der Waals surface area contributed by atoms with Crippen molar-refractivity contribution in [3.05, 3.63) is 54.1 Å². The molecule has 8 nitrogen and oxygen atoms in total. The number of rotatable bonds is 8. The second-order valence-electron chi connectivity index (χ2n) is 6.86. The number of hydrogen-bond donors (Lipinski definition) is 1. The largest absolute Gasteiger partial charge is 0.497 e. The summed E-state index contributed by atoms with van der Waals surface area (Å²) in [5.41, 5.74) is 1.42. The van der Waals surface area contributed by atoms with Gasteiger partial charge in [-0.05, 0) is 24.3 Å². The van der Waals surface area contributed by atoms with Crippen LogP contribution in [0, 0.1) is 0 Å². The molecule has 1 amide bonds. The van der Waals surface area contributed by atoms with Crippen LogP contribution in [0.4, 0.5) is 5.69 Å². The molecule has 3 rings (SSSR count). The molecule has 1 fully saturated rings. The number of piperazine rings is 1. The third-order valence-corrected chi connectivity index (χ3v) is 6.92. The maximum Gasteiger partial charge on any atom is 0.255 e. The summed E-state index contributed by atoms with van der Waals surface area (Å²) in [6.45, 7) is 2.15. The van der Waals surface area contributed by atoms with E-state index in [2.05, 4.69) is 10.2 Å². The van der Waals surface area contributed by atoms with Gasteiger partial charge in [-0.1, -0.05) is 18.2 Å². The van der Waals surface area contributed by atoms with Gasteiger partial charge in [0.05, 0.1) is 25.5 Å². The lowest BCUT2D eigenvalue weighted by atomic mass is 10.2. The van der Waals surface area contributed by atoms with Gasteiger partial charge < -0.3 is 19.7 Å². The Labute approximate surface area is 177 Å². The van der Waals surface area contributed by atoms with Crippen LogP contribution in [0.15, 0.2) is 48.5 Å². The van der Waals surface area contributed by atoms with E-state index in [1.54, 1.807) is 18.2 Å². The van der Waals surface area contributed by atoms with Gasteiger partial charge in [0.1, 0.15) is 11.5 Å². The van der Waals surface area contributed by atoms with Crippen LogP contribution in [0.1, 0.15) is 10.4 Å². The minimum atomic E-state index is -3.45. The van der Waals surface area contributed by atoms with Crippen molar-refractivity contribution in [1.82, 2.24) is 9.62 Å². The first-order chi connectivity index (χ1) is 14.4. The zero-order chi connectivity index (χ0) is 21.6. The van der Waals surface area contributed by atoms with Crippen molar-refractivity contribution in [2.24, 2.45) is 0 Å². The number of anilines is 1. The Morgan fingerprint density at radius 2 is 1.70 bits per heavy atom. The summed E-state index contributed by atoms with van der Waals surface area (Å²) in [5, 5.41) is 2.66. The van der Waals surface area contributed by atoms with E-state index in [4.69, 9.17) is 9.47 Å². The normalized spacial score (nSPS) is 14.9. The van der Waals surface area contributed by atoms with Gasteiger partial charge in [-0.3, -0.25) is 4.79 Å². The van der Waals surface area contributed by atoms with E-state index in [-0.39, 0.29) is 12.3 Å². The fourth-order valence-electron chi connectivity index (χ4n) is 3.37. The average molecular weight is 434 g/mol. The molecular formula is C21H27N3O5S. The molecule has 0 spiro atoms. The molecule has 0 atom stereocenters. The van der Waals surface area contributed by atoms with E-state index in [9.17, 15) is 13.2 Å². The molecule has 1 N–H and O–H groups in total. The molecule has 0 aliphatic carbocycles. The minimum absolute atomic E-state index is 0.0231. The summed E-state index contributed by atoms with van der Waals surface area (Å²) in [4.78, 5) is 14.6. The summed E-state index contributed by atoms with van der Waals surface area (Å²) < 4.78 is 37.2. The molecule has 162 valence electrons. The summed E-state index contributed by atoms with van der Waals surface area (Å²) in [6, 6.07) is 14.8. The van der Waals surface area contributed by atoms with E-state index in [1.165, 1.54) is 18.5 Å². The van der Waals surface area contributed by atoms with E-state index >= 15 is 0 Å². The number of carbonyl (C=O) groups is 1. The zero-order valence-electron chi connectivity index (χ0n) is 17.2. The lowest BCUT2D eigenvalue weighted by molar-refractivity contribution is 0.0953. The number of para-hydroxylation sites is 1. The Kier molecular flexibility index (Phi) is 7.17. The van der Waals surface area contributed by atoms with Crippen molar-refractivity contribution in [3.8, 4) is 11.5 Å². The summed E-state index contributed by atoms with van der Waals surface area (Å²) >= 11 is 0. The van der Waals surface area contributed by atoms with Crippen molar-refractivity contribution in [1.29, 1.82) is 0 Å². The highest BCUT2D eigenvalue weighted by Gasteiger charge is 2.27. The van der Waals surface area contributed by atoms with Crippen LogP contribution in [0.5, 0.6) is 11.5 Å². The van der Waals surface area contributed by atoms with E-state index in [0.29, 0.717) is 43.2 Å². The standard InChI is InChI=1S/C21H27N3O5S/c1-28-18-8-9-19(20(16-18)29-2)21(25)22-10-15-30(26,27)24-13-11-23(12-14-24)17-6-4-3-5-7-17/h3-9,16H,10-15H2,1-2H3,(H,22,25). The molecule has 0 aromatic heterocycles. The Morgan fingerprint density at radius 1 is 1.00 bits per heavy atom. The van der Waals surface area contributed by atoms with Gasteiger partial charge in [0, 0.05) is 44.5 Å². The van der Waals surface area contributed by atoms with Crippen molar-refractivity contribution in [2.75, 3.05) is 57.6 Å². The zero-order valence-corrected chi connectivity index (χ0v) is 18.0. The topological polar surface area (TPSA) is 88.2 Å². The first kappa shape index (κ1) is 21.9. The van der Waals surface area contributed by atoms with Gasteiger partial charge in [0.15, 0.2) is 0 Å². The molecule has 1 saturated heterocycles. The second kappa shape index (κ2) is 9.82. The van der Waals surface area contributed by atoms with E-state index in [1.807, 2.05) is 30.3 Å². The predicted molar refractivity (Wildman–Crippen MR) is 116 cm³/mol. The number of benzene rings is 2. The number of ether oxygens (including phenoxy) is 2. The fourth-order valence-corrected chi connectivity index (χ4v) is 4.71. The molecule has 1 aliphatic heterocycles. The first-order valence-corrected chi connectivity index (χ1v) is 11.3. The van der Waals surface area contributed by atoms with Gasteiger partial charge in [-0.15, -0.1) is 0 Å². The molecule has 2 aromatic carbocycles. The number of hydrogen-bond acceptors (Lipinski definition) is 6. The number of nitrogens with zero attached hydrogens (tertiary/aromatic N) is 2. The molecule has 0 bridgehead atoms. The quantitative estimate of drug-likeness (QED) is 0.680. The molecule has 0 unspecified atom stereocenters. The first-order valence-electron chi connectivity index (χ1n) is 9.72. The van der Waals surface area contributed by atoms with E-state index in [0.717, 1.165) is 5.69 Å². The summed E-state index contributed by atoms with van der Waals surface area (Å²) in [5.74, 6) is 0.397.